The Bertz CT molecular complexity index is 691. The van der Waals surface area contributed by atoms with Crippen LogP contribution < -0.4 is 4.90 Å². The Balaban J connectivity index is 1.76. The van der Waals surface area contributed by atoms with Crippen LogP contribution in [-0.4, -0.2) is 71.5 Å². The molecule has 25 heavy (non-hydrogen) atoms. The number of anilines is 1. The van der Waals surface area contributed by atoms with Gasteiger partial charge in [0.2, 0.25) is 11.8 Å². The number of carbonyl (C=O) groups excluding carboxylic acids is 3. The molecule has 1 aromatic carbocycles. The highest BCUT2D eigenvalue weighted by Crippen LogP contribution is 2.23. The average molecular weight is 345 g/mol. The lowest BCUT2D eigenvalue weighted by Gasteiger charge is -2.23. The molecule has 1 atom stereocenters. The number of carbonyl (C=O) groups is 3. The minimum atomic E-state index is -0.765. The number of amides is 3. The van der Waals surface area contributed by atoms with E-state index in [2.05, 4.69) is 0 Å². The van der Waals surface area contributed by atoms with Gasteiger partial charge in [-0.25, -0.2) is 0 Å². The number of hydrogen-bond donors (Lipinski definition) is 1. The van der Waals surface area contributed by atoms with Crippen LogP contribution in [0.1, 0.15) is 30.1 Å². The van der Waals surface area contributed by atoms with E-state index in [0.29, 0.717) is 31.6 Å². The molecule has 0 aromatic heterocycles. The standard InChI is InChI=1S/C18H23N3O4/c1-13(22)19-8-9-20(12-16(23)11-19)18(25)14-4-2-5-15(10-14)21-7-3-6-17(21)24/h2,4-5,10,16,23H,3,6-9,11-12H2,1H3. The summed E-state index contributed by atoms with van der Waals surface area (Å²) < 4.78 is 0. The van der Waals surface area contributed by atoms with E-state index < -0.39 is 6.10 Å². The second-order valence-electron chi connectivity index (χ2n) is 6.57. The molecule has 1 N–H and O–H groups in total. The lowest BCUT2D eigenvalue weighted by atomic mass is 10.1. The number of rotatable bonds is 2. The van der Waals surface area contributed by atoms with E-state index in [0.717, 1.165) is 12.1 Å². The van der Waals surface area contributed by atoms with Crippen LogP contribution in [-0.2, 0) is 9.59 Å². The lowest BCUT2D eigenvalue weighted by Crippen LogP contribution is -2.37. The minimum Gasteiger partial charge on any atom is -0.389 e. The first kappa shape index (κ1) is 17.4. The van der Waals surface area contributed by atoms with E-state index in [4.69, 9.17) is 0 Å². The van der Waals surface area contributed by atoms with Crippen molar-refractivity contribution >= 4 is 23.4 Å². The average Bonchev–Trinajstić information content (AvgIpc) is 2.91. The fraction of sp³-hybridized carbons (Fsp3) is 0.500. The molecular formula is C18H23N3O4. The third-order valence-electron chi connectivity index (χ3n) is 4.71. The van der Waals surface area contributed by atoms with Crippen LogP contribution in [0, 0.1) is 0 Å². The molecule has 7 nitrogen and oxygen atoms in total. The van der Waals surface area contributed by atoms with Gasteiger partial charge in [-0.3, -0.25) is 14.4 Å². The Morgan fingerprint density at radius 2 is 1.84 bits per heavy atom. The van der Waals surface area contributed by atoms with Gasteiger partial charge in [-0.15, -0.1) is 0 Å². The quantitative estimate of drug-likeness (QED) is 0.845. The molecular weight excluding hydrogens is 322 g/mol. The largest absolute Gasteiger partial charge is 0.389 e. The van der Waals surface area contributed by atoms with Crippen molar-refractivity contribution in [1.29, 1.82) is 0 Å². The van der Waals surface area contributed by atoms with E-state index in [1.165, 1.54) is 6.92 Å². The van der Waals surface area contributed by atoms with E-state index in [-0.39, 0.29) is 30.8 Å². The molecule has 2 aliphatic heterocycles. The Morgan fingerprint density at radius 3 is 2.52 bits per heavy atom. The highest BCUT2D eigenvalue weighted by molar-refractivity contribution is 5.99. The summed E-state index contributed by atoms with van der Waals surface area (Å²) in [6.07, 6.45) is 0.604. The molecule has 1 aromatic rings. The topological polar surface area (TPSA) is 81.2 Å². The molecule has 2 aliphatic rings. The summed E-state index contributed by atoms with van der Waals surface area (Å²) in [7, 11) is 0. The lowest BCUT2D eigenvalue weighted by molar-refractivity contribution is -0.129. The van der Waals surface area contributed by atoms with Gasteiger partial charge in [0.25, 0.3) is 5.91 Å². The first-order valence-corrected chi connectivity index (χ1v) is 8.59. The fourth-order valence-electron chi connectivity index (χ4n) is 3.37. The van der Waals surface area contributed by atoms with Gasteiger partial charge >= 0.3 is 0 Å². The van der Waals surface area contributed by atoms with E-state index >= 15 is 0 Å². The Kier molecular flexibility index (Phi) is 5.03. The minimum absolute atomic E-state index is 0.0758. The SMILES string of the molecule is CC(=O)N1CCN(C(=O)c2cccc(N3CCCC3=O)c2)CC(O)C1. The number of β-amino-alcohol motifs (C(OH)–C–C–N with tert-alkyl or cyclic N) is 1. The second-order valence-corrected chi connectivity index (χ2v) is 6.57. The number of hydrogen-bond acceptors (Lipinski definition) is 4. The van der Waals surface area contributed by atoms with E-state index in [9.17, 15) is 19.5 Å². The van der Waals surface area contributed by atoms with Crippen molar-refractivity contribution in [3.05, 3.63) is 29.8 Å². The summed E-state index contributed by atoms with van der Waals surface area (Å²) in [5.74, 6) is -0.229. The summed E-state index contributed by atoms with van der Waals surface area (Å²) in [6.45, 7) is 3.34. The molecule has 0 bridgehead atoms. The summed E-state index contributed by atoms with van der Waals surface area (Å²) in [5.41, 5.74) is 1.22. The molecule has 0 aliphatic carbocycles. The molecule has 2 saturated heterocycles. The maximum Gasteiger partial charge on any atom is 0.254 e. The summed E-state index contributed by atoms with van der Waals surface area (Å²) in [4.78, 5) is 41.1. The fourth-order valence-corrected chi connectivity index (χ4v) is 3.37. The van der Waals surface area contributed by atoms with E-state index in [1.807, 2.05) is 6.07 Å². The molecule has 2 fully saturated rings. The van der Waals surface area contributed by atoms with Gasteiger partial charge in [-0.05, 0) is 24.6 Å². The third kappa shape index (κ3) is 3.82. The van der Waals surface area contributed by atoms with Gasteiger partial charge in [0.1, 0.15) is 0 Å². The van der Waals surface area contributed by atoms with Crippen LogP contribution in [0.4, 0.5) is 5.69 Å². The normalized spacial score (nSPS) is 21.4. The molecule has 2 heterocycles. The zero-order chi connectivity index (χ0) is 18.0. The van der Waals surface area contributed by atoms with Gasteiger partial charge in [0, 0.05) is 57.3 Å². The third-order valence-corrected chi connectivity index (χ3v) is 4.71. The highest BCUT2D eigenvalue weighted by atomic mass is 16.3. The Labute approximate surface area is 146 Å². The van der Waals surface area contributed by atoms with Crippen LogP contribution in [0.25, 0.3) is 0 Å². The number of aliphatic hydroxyl groups is 1. The van der Waals surface area contributed by atoms with Crippen LogP contribution in [0.2, 0.25) is 0 Å². The monoisotopic (exact) mass is 345 g/mol. The van der Waals surface area contributed by atoms with Gasteiger partial charge in [-0.1, -0.05) is 6.07 Å². The maximum absolute atomic E-state index is 12.8. The predicted octanol–water partition coefficient (Wildman–Crippen LogP) is 0.479. The van der Waals surface area contributed by atoms with Crippen molar-refractivity contribution < 1.29 is 19.5 Å². The molecule has 0 radical (unpaired) electrons. The molecule has 134 valence electrons. The Morgan fingerprint density at radius 1 is 1.12 bits per heavy atom. The summed E-state index contributed by atoms with van der Waals surface area (Å²) >= 11 is 0. The summed E-state index contributed by atoms with van der Waals surface area (Å²) in [5, 5.41) is 10.1. The first-order chi connectivity index (χ1) is 12.0. The van der Waals surface area contributed by atoms with Crippen molar-refractivity contribution in [1.82, 2.24) is 9.80 Å². The van der Waals surface area contributed by atoms with Gasteiger partial charge < -0.3 is 19.8 Å². The predicted molar refractivity (Wildman–Crippen MR) is 92.2 cm³/mol. The number of aliphatic hydroxyl groups excluding tert-OH is 1. The smallest absolute Gasteiger partial charge is 0.254 e. The molecule has 7 heteroatoms. The molecule has 1 unspecified atom stereocenters. The van der Waals surface area contributed by atoms with Crippen LogP contribution in [0.15, 0.2) is 24.3 Å². The second kappa shape index (κ2) is 7.23. The Hall–Kier alpha value is -2.41. The number of nitrogens with zero attached hydrogens (tertiary/aromatic N) is 3. The van der Waals surface area contributed by atoms with Crippen LogP contribution >= 0.6 is 0 Å². The van der Waals surface area contributed by atoms with E-state index in [1.54, 1.807) is 32.9 Å². The number of benzene rings is 1. The van der Waals surface area contributed by atoms with Crippen molar-refractivity contribution in [3.8, 4) is 0 Å². The van der Waals surface area contributed by atoms with Crippen molar-refractivity contribution in [2.24, 2.45) is 0 Å². The van der Waals surface area contributed by atoms with Gasteiger partial charge in [0.15, 0.2) is 0 Å². The van der Waals surface area contributed by atoms with Gasteiger partial charge in [0.05, 0.1) is 6.10 Å². The highest BCUT2D eigenvalue weighted by Gasteiger charge is 2.27. The maximum atomic E-state index is 12.8. The van der Waals surface area contributed by atoms with Crippen LogP contribution in [0.3, 0.4) is 0 Å². The summed E-state index contributed by atoms with van der Waals surface area (Å²) in [6, 6.07) is 7.04. The molecule has 0 saturated carbocycles. The van der Waals surface area contributed by atoms with Crippen LogP contribution in [0.5, 0.6) is 0 Å². The van der Waals surface area contributed by atoms with Crippen molar-refractivity contribution in [2.75, 3.05) is 37.6 Å². The van der Waals surface area contributed by atoms with Gasteiger partial charge in [-0.2, -0.15) is 0 Å². The molecule has 3 amide bonds. The van der Waals surface area contributed by atoms with Crippen molar-refractivity contribution in [3.63, 3.8) is 0 Å². The zero-order valence-electron chi connectivity index (χ0n) is 14.4. The van der Waals surface area contributed by atoms with Crippen molar-refractivity contribution in [2.45, 2.75) is 25.9 Å². The molecule has 0 spiro atoms. The molecule has 3 rings (SSSR count). The first-order valence-electron chi connectivity index (χ1n) is 8.59. The zero-order valence-corrected chi connectivity index (χ0v) is 14.4.